The predicted molar refractivity (Wildman–Crippen MR) is 152 cm³/mol. The van der Waals surface area contributed by atoms with Gasteiger partial charge >= 0.3 is 5.97 Å². The molecule has 0 aromatic rings. The summed E-state index contributed by atoms with van der Waals surface area (Å²) in [6, 6.07) is -3.49. The molecule has 4 atom stereocenters. The molecule has 0 unspecified atom stereocenters. The summed E-state index contributed by atoms with van der Waals surface area (Å²) in [5.74, 6) is -5.10. The van der Waals surface area contributed by atoms with E-state index in [-0.39, 0.29) is 30.1 Å². The van der Waals surface area contributed by atoms with E-state index in [4.69, 9.17) is 10.8 Å². The number of likely N-dealkylation sites (tertiary alicyclic amines) is 1. The summed E-state index contributed by atoms with van der Waals surface area (Å²) in [4.78, 5) is 87.8. The first-order valence-electron chi connectivity index (χ1n) is 14.2. The molecule has 8 N–H and O–H groups in total. The lowest BCUT2D eigenvalue weighted by molar-refractivity contribution is -0.140. The zero-order valence-electron chi connectivity index (χ0n) is 25.3. The Kier molecular flexibility index (Phi) is 14.9. The lowest BCUT2D eigenvalue weighted by Gasteiger charge is -2.28. The molecule has 1 rings (SSSR count). The Labute approximate surface area is 246 Å². The smallest absolute Gasteiger partial charge is 0.322 e. The predicted octanol–water partition coefficient (Wildman–Crippen LogP) is -1.93. The zero-order chi connectivity index (χ0) is 32.1. The number of carboxylic acids is 1. The highest BCUT2D eigenvalue weighted by molar-refractivity contribution is 5.95. The molecule has 0 aliphatic carbocycles. The summed E-state index contributed by atoms with van der Waals surface area (Å²) in [5.41, 5.74) is 5.98. The van der Waals surface area contributed by atoms with E-state index in [1.54, 1.807) is 13.8 Å². The molecule has 0 spiro atoms. The van der Waals surface area contributed by atoms with Gasteiger partial charge in [0.15, 0.2) is 0 Å². The van der Waals surface area contributed by atoms with Gasteiger partial charge in [0, 0.05) is 6.54 Å². The fourth-order valence-electron chi connectivity index (χ4n) is 4.34. The molecule has 0 aromatic carbocycles. The van der Waals surface area contributed by atoms with Crippen molar-refractivity contribution < 1.29 is 38.7 Å². The Morgan fingerprint density at radius 2 is 1.38 bits per heavy atom. The van der Waals surface area contributed by atoms with Crippen LogP contribution in [-0.4, -0.2) is 102 Å². The van der Waals surface area contributed by atoms with Crippen molar-refractivity contribution in [3.05, 3.63) is 0 Å². The maximum absolute atomic E-state index is 12.8. The average molecular weight is 598 g/mol. The van der Waals surface area contributed by atoms with Crippen molar-refractivity contribution in [1.29, 1.82) is 0 Å². The topological polar surface area (TPSA) is 229 Å². The van der Waals surface area contributed by atoms with E-state index in [1.165, 1.54) is 4.90 Å². The van der Waals surface area contributed by atoms with Crippen LogP contribution in [0.25, 0.3) is 0 Å². The standard InChI is InChI=1S/C27H47N7O8/c1-14(2)10-17(24(39)29-12-20(36)33-23(16(5)6)26(41)31-13-21(37)38)32-19(35)11-30-25(40)18-8-7-9-34(18)27(42)22(28)15(3)4/h14-18,22-23H,7-13,28H2,1-6H3,(H,29,39)(H,30,40)(H,31,41)(H,32,35)(H,33,36)(H,37,38)/t17-,18-,22-,23-/m0/s1. The molecule has 0 saturated carbocycles. The number of nitrogens with two attached hydrogens (primary N) is 1. The van der Waals surface area contributed by atoms with Gasteiger partial charge in [-0.05, 0) is 37.0 Å². The highest BCUT2D eigenvalue weighted by Gasteiger charge is 2.37. The molecule has 1 aliphatic rings. The molecule has 1 aliphatic heterocycles. The molecule has 42 heavy (non-hydrogen) atoms. The summed E-state index contributed by atoms with van der Waals surface area (Å²) in [5, 5.41) is 21.0. The zero-order valence-corrected chi connectivity index (χ0v) is 25.3. The fraction of sp³-hybridized carbons (Fsp3) is 0.741. The van der Waals surface area contributed by atoms with Crippen LogP contribution in [0.1, 0.15) is 60.8 Å². The van der Waals surface area contributed by atoms with Crippen LogP contribution < -0.4 is 32.3 Å². The van der Waals surface area contributed by atoms with Crippen molar-refractivity contribution in [1.82, 2.24) is 31.5 Å². The first-order valence-corrected chi connectivity index (χ1v) is 14.2. The van der Waals surface area contributed by atoms with Crippen LogP contribution in [0.4, 0.5) is 0 Å². The Hall–Kier alpha value is -3.75. The van der Waals surface area contributed by atoms with Crippen molar-refractivity contribution >= 4 is 41.4 Å². The fourth-order valence-corrected chi connectivity index (χ4v) is 4.34. The number of nitrogens with zero attached hydrogens (tertiary/aromatic N) is 1. The van der Waals surface area contributed by atoms with Crippen LogP contribution in [0.2, 0.25) is 0 Å². The van der Waals surface area contributed by atoms with Gasteiger partial charge in [0.25, 0.3) is 0 Å². The largest absolute Gasteiger partial charge is 0.480 e. The van der Waals surface area contributed by atoms with Crippen molar-refractivity contribution in [2.45, 2.75) is 85.0 Å². The van der Waals surface area contributed by atoms with Gasteiger partial charge in [-0.25, -0.2) is 0 Å². The van der Waals surface area contributed by atoms with E-state index in [0.717, 1.165) is 0 Å². The van der Waals surface area contributed by atoms with E-state index in [0.29, 0.717) is 19.4 Å². The van der Waals surface area contributed by atoms with E-state index >= 15 is 0 Å². The number of nitrogens with one attached hydrogen (secondary N) is 5. The second-order valence-electron chi connectivity index (χ2n) is 11.5. The molecular weight excluding hydrogens is 550 g/mol. The normalized spacial score (nSPS) is 16.9. The third-order valence-corrected chi connectivity index (χ3v) is 6.73. The molecule has 15 nitrogen and oxygen atoms in total. The summed E-state index contributed by atoms with van der Waals surface area (Å²) in [6.07, 6.45) is 1.33. The number of aliphatic carboxylic acids is 1. The van der Waals surface area contributed by atoms with Gasteiger partial charge in [0.1, 0.15) is 24.7 Å². The maximum atomic E-state index is 12.8. The Bertz CT molecular complexity index is 1000. The van der Waals surface area contributed by atoms with Gasteiger partial charge in [0.2, 0.25) is 35.4 Å². The van der Waals surface area contributed by atoms with Crippen LogP contribution >= 0.6 is 0 Å². The van der Waals surface area contributed by atoms with Crippen LogP contribution in [0.15, 0.2) is 0 Å². The molecule has 1 fully saturated rings. The average Bonchev–Trinajstić information content (AvgIpc) is 3.40. The maximum Gasteiger partial charge on any atom is 0.322 e. The molecule has 0 bridgehead atoms. The summed E-state index contributed by atoms with van der Waals surface area (Å²) in [7, 11) is 0. The number of hydrogen-bond acceptors (Lipinski definition) is 8. The van der Waals surface area contributed by atoms with E-state index < -0.39 is 79.3 Å². The summed E-state index contributed by atoms with van der Waals surface area (Å²) >= 11 is 0. The van der Waals surface area contributed by atoms with Crippen molar-refractivity contribution in [2.75, 3.05) is 26.2 Å². The summed E-state index contributed by atoms with van der Waals surface area (Å²) in [6.45, 7) is 9.55. The number of carbonyl (C=O) groups excluding carboxylic acids is 6. The second kappa shape index (κ2) is 17.3. The van der Waals surface area contributed by atoms with Gasteiger partial charge in [0.05, 0.1) is 19.1 Å². The minimum absolute atomic E-state index is 0.00375. The van der Waals surface area contributed by atoms with Gasteiger partial charge in [-0.1, -0.05) is 41.5 Å². The molecule has 0 aromatic heterocycles. The van der Waals surface area contributed by atoms with Crippen molar-refractivity contribution in [3.8, 4) is 0 Å². The minimum atomic E-state index is -1.23. The Morgan fingerprint density at radius 3 is 1.93 bits per heavy atom. The van der Waals surface area contributed by atoms with Crippen molar-refractivity contribution in [3.63, 3.8) is 0 Å². The SMILES string of the molecule is CC(C)C[C@H](NC(=O)CNC(=O)[C@@H]1CCCN1C(=O)[C@@H](N)C(C)C)C(=O)NCC(=O)N[C@H](C(=O)NCC(=O)O)C(C)C. The highest BCUT2D eigenvalue weighted by atomic mass is 16.4. The minimum Gasteiger partial charge on any atom is -0.480 e. The van der Waals surface area contributed by atoms with Gasteiger partial charge in [-0.3, -0.25) is 33.6 Å². The monoisotopic (exact) mass is 597 g/mol. The first-order chi connectivity index (χ1) is 19.5. The molecule has 238 valence electrons. The molecular formula is C27H47N7O8. The molecule has 6 amide bonds. The molecule has 15 heteroatoms. The third kappa shape index (κ3) is 12.0. The number of carbonyl (C=O) groups is 7. The van der Waals surface area contributed by atoms with Gasteiger partial charge in [-0.2, -0.15) is 0 Å². The Morgan fingerprint density at radius 1 is 0.810 bits per heavy atom. The van der Waals surface area contributed by atoms with E-state index in [9.17, 15) is 33.6 Å². The molecule has 1 heterocycles. The lowest BCUT2D eigenvalue weighted by atomic mass is 10.0. The van der Waals surface area contributed by atoms with E-state index in [2.05, 4.69) is 26.6 Å². The van der Waals surface area contributed by atoms with Crippen LogP contribution in [0, 0.1) is 17.8 Å². The number of carboxylic acid groups (broad SMARTS) is 1. The highest BCUT2D eigenvalue weighted by Crippen LogP contribution is 2.19. The number of amides is 6. The second-order valence-corrected chi connectivity index (χ2v) is 11.5. The molecule has 0 radical (unpaired) electrons. The van der Waals surface area contributed by atoms with Gasteiger partial charge in [-0.15, -0.1) is 0 Å². The van der Waals surface area contributed by atoms with Crippen LogP contribution in [0.3, 0.4) is 0 Å². The van der Waals surface area contributed by atoms with Gasteiger partial charge < -0.3 is 42.3 Å². The number of rotatable bonds is 16. The van der Waals surface area contributed by atoms with E-state index in [1.807, 2.05) is 27.7 Å². The molecule has 1 saturated heterocycles. The quantitative estimate of drug-likeness (QED) is 0.105. The third-order valence-electron chi connectivity index (χ3n) is 6.73. The van der Waals surface area contributed by atoms with Crippen LogP contribution in [0.5, 0.6) is 0 Å². The Balaban J connectivity index is 2.69. The first kappa shape index (κ1) is 36.3. The summed E-state index contributed by atoms with van der Waals surface area (Å²) < 4.78 is 0. The lowest BCUT2D eigenvalue weighted by Crippen LogP contribution is -2.55. The van der Waals surface area contributed by atoms with Crippen LogP contribution in [-0.2, 0) is 33.6 Å². The van der Waals surface area contributed by atoms with Crippen molar-refractivity contribution in [2.24, 2.45) is 23.5 Å². The number of hydrogen-bond donors (Lipinski definition) is 7.